The highest BCUT2D eigenvalue weighted by atomic mass is 19.4. The van der Waals surface area contributed by atoms with Gasteiger partial charge in [0.15, 0.2) is 5.84 Å². The van der Waals surface area contributed by atoms with Crippen LogP contribution in [0.1, 0.15) is 11.1 Å². The van der Waals surface area contributed by atoms with E-state index in [0.717, 1.165) is 0 Å². The average Bonchev–Trinajstić information content (AvgIpc) is 2.85. The first kappa shape index (κ1) is 37.4. The monoisotopic (exact) mass is 695 g/mol. The second-order valence-electron chi connectivity index (χ2n) is 8.37. The van der Waals surface area contributed by atoms with Gasteiger partial charge in [-0.15, -0.1) is 0 Å². The number of amidine groups is 2. The number of halogens is 20. The van der Waals surface area contributed by atoms with Crippen LogP contribution in [-0.4, -0.2) is 47.7 Å². The number of nitrogens with one attached hydrogen (secondary N) is 1. The molecule has 0 radical (unpaired) electrons. The van der Waals surface area contributed by atoms with E-state index in [1.165, 1.54) is 0 Å². The quantitative estimate of drug-likeness (QED) is 0.182. The van der Waals surface area contributed by atoms with Crippen molar-refractivity contribution < 1.29 is 87.8 Å². The van der Waals surface area contributed by atoms with Gasteiger partial charge < -0.3 is 5.32 Å². The first-order valence-corrected chi connectivity index (χ1v) is 10.8. The Kier molecular flexibility index (Phi) is 9.56. The Morgan fingerprint density at radius 1 is 0.489 bits per heavy atom. The van der Waals surface area contributed by atoms with Gasteiger partial charge in [0, 0.05) is 0 Å². The molecular weight excluding hydrogens is 686 g/mol. The van der Waals surface area contributed by atoms with Gasteiger partial charge in [-0.25, -0.2) is 9.98 Å². The number of hydrogen-bond acceptors (Lipinski definition) is 1. The zero-order chi connectivity index (χ0) is 35.2. The van der Waals surface area contributed by atoms with Crippen LogP contribution in [0.2, 0.25) is 0 Å². The van der Waals surface area contributed by atoms with Crippen molar-refractivity contribution in [2.24, 2.45) is 9.98 Å². The number of alkyl halides is 20. The van der Waals surface area contributed by atoms with E-state index in [4.69, 9.17) is 0 Å². The number of hydrogen-bond donors (Lipinski definition) is 1. The lowest BCUT2D eigenvalue weighted by atomic mass is 10.1. The van der Waals surface area contributed by atoms with Crippen molar-refractivity contribution in [2.75, 3.05) is 5.32 Å². The molecule has 0 aliphatic carbocycles. The van der Waals surface area contributed by atoms with Crippen molar-refractivity contribution >= 4 is 23.0 Å². The smallest absolute Gasteiger partial charge is 0.338 e. The molecule has 252 valence electrons. The Bertz CT molecular complexity index is 1430. The van der Waals surface area contributed by atoms with Crippen LogP contribution in [0.25, 0.3) is 0 Å². The summed E-state index contributed by atoms with van der Waals surface area (Å²) in [4.78, 5) is 3.62. The average molecular weight is 695 g/mol. The molecule has 3 nitrogen and oxygen atoms in total. The molecule has 2 aromatic rings. The largest absolute Gasteiger partial charge is 0.460 e. The number of rotatable bonds is 6. The summed E-state index contributed by atoms with van der Waals surface area (Å²) in [6.45, 7) is 0. The van der Waals surface area contributed by atoms with Gasteiger partial charge in [0.25, 0.3) is 0 Å². The zero-order valence-corrected chi connectivity index (χ0v) is 20.6. The molecule has 0 heterocycles. The third-order valence-corrected chi connectivity index (χ3v) is 5.22. The van der Waals surface area contributed by atoms with E-state index in [2.05, 4.69) is 0 Å². The minimum absolute atomic E-state index is 0.0433. The molecule has 0 aromatic heterocycles. The van der Waals surface area contributed by atoms with Gasteiger partial charge >= 0.3 is 48.4 Å². The lowest BCUT2D eigenvalue weighted by Crippen LogP contribution is -2.59. The molecule has 0 amide bonds. The molecule has 23 heteroatoms. The van der Waals surface area contributed by atoms with E-state index < -0.39 is 82.6 Å². The lowest BCUT2D eigenvalue weighted by Gasteiger charge is -2.31. The molecule has 0 fully saturated rings. The van der Waals surface area contributed by atoms with Gasteiger partial charge in [-0.2, -0.15) is 87.8 Å². The van der Waals surface area contributed by atoms with E-state index in [9.17, 15) is 87.8 Å². The summed E-state index contributed by atoms with van der Waals surface area (Å²) < 4.78 is 272. The summed E-state index contributed by atoms with van der Waals surface area (Å²) >= 11 is 0. The van der Waals surface area contributed by atoms with Crippen molar-refractivity contribution in [1.82, 2.24) is 0 Å². The highest BCUT2D eigenvalue weighted by molar-refractivity contribution is 6.10. The number of aliphatic imine (C=N–C) groups is 2. The van der Waals surface area contributed by atoms with Crippen molar-refractivity contribution in [3.63, 3.8) is 0 Å². The van der Waals surface area contributed by atoms with Crippen molar-refractivity contribution in [3.8, 4) is 0 Å². The molecule has 2 rings (SSSR count). The molecule has 0 saturated heterocycles. The van der Waals surface area contributed by atoms with Crippen LogP contribution in [-0.2, 0) is 12.4 Å². The number of benzene rings is 2. The molecule has 45 heavy (non-hydrogen) atoms. The first-order chi connectivity index (χ1) is 19.9. The predicted octanol–water partition coefficient (Wildman–Crippen LogP) is 9.93. The molecule has 0 spiro atoms. The third kappa shape index (κ3) is 7.20. The van der Waals surface area contributed by atoms with Crippen LogP contribution < -0.4 is 5.32 Å². The van der Waals surface area contributed by atoms with Gasteiger partial charge in [0.2, 0.25) is 5.84 Å². The Hall–Kier alpha value is -3.82. The van der Waals surface area contributed by atoms with E-state index in [0.29, 0.717) is 29.6 Å². The molecule has 0 aliphatic rings. The highest BCUT2D eigenvalue weighted by Gasteiger charge is 2.77. The highest BCUT2D eigenvalue weighted by Crippen LogP contribution is 2.50. The van der Waals surface area contributed by atoms with Crippen LogP contribution in [0.3, 0.4) is 0 Å². The van der Waals surface area contributed by atoms with E-state index >= 15 is 0 Å². The second kappa shape index (κ2) is 11.5. The second-order valence-corrected chi connectivity index (χ2v) is 8.37. The number of anilines is 1. The lowest BCUT2D eigenvalue weighted by molar-refractivity contribution is -0.337. The summed E-state index contributed by atoms with van der Waals surface area (Å²) in [5.74, 6) is -37.4. The van der Waals surface area contributed by atoms with E-state index in [1.807, 2.05) is 4.99 Å². The summed E-state index contributed by atoms with van der Waals surface area (Å²) in [5.41, 5.74) is -8.74. The van der Waals surface area contributed by atoms with Gasteiger partial charge in [-0.05, 0) is 24.3 Å². The Morgan fingerprint density at radius 3 is 1.33 bits per heavy atom. The fourth-order valence-corrected chi connectivity index (χ4v) is 2.98. The Balaban J connectivity index is 3.16. The maximum atomic E-state index is 14.7. The molecule has 1 N–H and O–H groups in total. The van der Waals surface area contributed by atoms with Crippen LogP contribution in [0.5, 0.6) is 0 Å². The van der Waals surface area contributed by atoms with Crippen molar-refractivity contribution in [3.05, 3.63) is 59.7 Å². The fraction of sp³-hybridized carbons (Fsp3) is 0.364. The van der Waals surface area contributed by atoms with Gasteiger partial charge in [-0.1, -0.05) is 24.3 Å². The minimum Gasteiger partial charge on any atom is -0.338 e. The minimum atomic E-state index is -7.59. The Labute approximate surface area is 235 Å². The van der Waals surface area contributed by atoms with E-state index in [-0.39, 0.29) is 24.3 Å². The maximum absolute atomic E-state index is 14.7. The molecule has 0 aliphatic heterocycles. The fourth-order valence-electron chi connectivity index (χ4n) is 2.98. The van der Waals surface area contributed by atoms with Crippen molar-refractivity contribution in [1.29, 1.82) is 0 Å². The van der Waals surface area contributed by atoms with Gasteiger partial charge in [0.05, 0.1) is 22.5 Å². The Morgan fingerprint density at radius 2 is 0.889 bits per heavy atom. The topological polar surface area (TPSA) is 36.8 Å². The number of nitrogens with zero attached hydrogens (tertiary/aromatic N) is 2. The summed E-state index contributed by atoms with van der Waals surface area (Å²) in [5, 5.41) is 0.434. The van der Waals surface area contributed by atoms with Crippen LogP contribution >= 0.6 is 0 Å². The molecule has 0 bridgehead atoms. The normalized spacial score (nSPS) is 15.4. The predicted molar refractivity (Wildman–Crippen MR) is 113 cm³/mol. The van der Waals surface area contributed by atoms with E-state index in [1.54, 1.807) is 4.99 Å². The maximum Gasteiger partial charge on any atom is 0.460 e. The first-order valence-electron chi connectivity index (χ1n) is 10.8. The van der Waals surface area contributed by atoms with Crippen LogP contribution in [0.4, 0.5) is 99.2 Å². The van der Waals surface area contributed by atoms with Crippen LogP contribution in [0.15, 0.2) is 58.5 Å². The number of para-hydroxylation sites is 2. The standard InChI is InChI=1S/C22H9F20N3/c23-15(24,19(33,34)21(37,38)39)13(43-11-7-3-1-5-9(11)17(27,28)29)45-14(16(25,26)20(35,36)22(40,41)42)44-12-8-4-2-6-10(12)18(30,31)32/h1-8H,(H,43,44,45). The van der Waals surface area contributed by atoms with Gasteiger partial charge in [-0.3, -0.25) is 0 Å². The molecule has 0 unspecified atom stereocenters. The SMILES string of the molecule is FC(F)(F)c1ccccc1N=C(N=C(Nc1ccccc1C(F)(F)F)C(F)(F)C(F)(F)C(F)(F)F)C(F)(F)C(F)(F)C(F)(F)F. The van der Waals surface area contributed by atoms with Crippen LogP contribution in [0, 0.1) is 0 Å². The molecule has 0 saturated carbocycles. The summed E-state index contributed by atoms with van der Waals surface area (Å²) in [6, 6.07) is 1.40. The molecular formula is C22H9F20N3. The zero-order valence-electron chi connectivity index (χ0n) is 20.6. The molecule has 2 aromatic carbocycles. The van der Waals surface area contributed by atoms with Gasteiger partial charge in [0.1, 0.15) is 0 Å². The summed E-state index contributed by atoms with van der Waals surface area (Å²) in [7, 11) is 0. The van der Waals surface area contributed by atoms with Crippen molar-refractivity contribution in [2.45, 2.75) is 48.4 Å². The molecule has 0 atom stereocenters. The summed E-state index contributed by atoms with van der Waals surface area (Å²) in [6.07, 6.45) is -26.4. The third-order valence-electron chi connectivity index (χ3n) is 5.22.